The van der Waals surface area contributed by atoms with Gasteiger partial charge in [0.2, 0.25) is 0 Å². The number of para-hydroxylation sites is 1. The first-order valence-corrected chi connectivity index (χ1v) is 6.11. The van der Waals surface area contributed by atoms with Crippen molar-refractivity contribution in [3.63, 3.8) is 0 Å². The first-order chi connectivity index (χ1) is 7.56. The van der Waals surface area contributed by atoms with Crippen molar-refractivity contribution in [1.29, 1.82) is 0 Å². The number of rotatable bonds is 3. The Balaban J connectivity index is 2.97. The molecule has 0 spiro atoms. The number of thiocarbonyl (C=S) groups is 1. The Morgan fingerprint density at radius 1 is 1.38 bits per heavy atom. The molecule has 0 saturated carbocycles. The summed E-state index contributed by atoms with van der Waals surface area (Å²) in [6.45, 7) is 9.36. The van der Waals surface area contributed by atoms with Crippen LogP contribution in [0.2, 0.25) is 0 Å². The van der Waals surface area contributed by atoms with E-state index < -0.39 is 0 Å². The van der Waals surface area contributed by atoms with Crippen molar-refractivity contribution in [2.45, 2.75) is 33.6 Å². The molecule has 3 heteroatoms. The van der Waals surface area contributed by atoms with E-state index in [1.54, 1.807) is 0 Å². The van der Waals surface area contributed by atoms with Crippen LogP contribution in [0.4, 0.5) is 5.69 Å². The lowest BCUT2D eigenvalue weighted by atomic mass is 9.98. The Bertz CT molecular complexity index is 372. The molecule has 1 aromatic rings. The van der Waals surface area contributed by atoms with Gasteiger partial charge in [-0.1, -0.05) is 32.0 Å². The van der Waals surface area contributed by atoms with E-state index >= 15 is 0 Å². The van der Waals surface area contributed by atoms with Crippen LogP contribution in [0, 0.1) is 6.92 Å². The molecule has 1 aromatic carbocycles. The molecule has 0 bridgehead atoms. The molecule has 0 atom stereocenters. The Kier molecular flexibility index (Phi) is 4.74. The maximum absolute atomic E-state index is 5.22. The highest BCUT2D eigenvalue weighted by molar-refractivity contribution is 7.80. The van der Waals surface area contributed by atoms with Gasteiger partial charge in [0.15, 0.2) is 5.11 Å². The summed E-state index contributed by atoms with van der Waals surface area (Å²) in [5.41, 5.74) is 3.68. The maximum atomic E-state index is 5.22. The van der Waals surface area contributed by atoms with Crippen molar-refractivity contribution in [1.82, 2.24) is 5.32 Å². The monoisotopic (exact) mass is 236 g/mol. The molecule has 0 saturated heterocycles. The van der Waals surface area contributed by atoms with Crippen molar-refractivity contribution in [2.75, 3.05) is 11.9 Å². The number of aryl methyl sites for hydroxylation is 1. The third-order valence-corrected chi connectivity index (χ3v) is 2.75. The lowest BCUT2D eigenvalue weighted by Crippen LogP contribution is -2.28. The van der Waals surface area contributed by atoms with Gasteiger partial charge in [0.25, 0.3) is 0 Å². The number of benzene rings is 1. The summed E-state index contributed by atoms with van der Waals surface area (Å²) in [5.74, 6) is 0.492. The molecule has 0 aliphatic carbocycles. The zero-order chi connectivity index (χ0) is 12.1. The van der Waals surface area contributed by atoms with E-state index in [1.807, 2.05) is 6.92 Å². The predicted octanol–water partition coefficient (Wildman–Crippen LogP) is 3.42. The number of nitrogens with one attached hydrogen (secondary N) is 2. The van der Waals surface area contributed by atoms with Gasteiger partial charge in [-0.15, -0.1) is 0 Å². The fourth-order valence-electron chi connectivity index (χ4n) is 1.66. The van der Waals surface area contributed by atoms with Crippen molar-refractivity contribution in [3.8, 4) is 0 Å². The van der Waals surface area contributed by atoms with Crippen LogP contribution in [0.3, 0.4) is 0 Å². The van der Waals surface area contributed by atoms with Crippen LogP contribution >= 0.6 is 12.2 Å². The smallest absolute Gasteiger partial charge is 0.170 e. The third-order valence-electron chi connectivity index (χ3n) is 2.50. The van der Waals surface area contributed by atoms with Gasteiger partial charge in [-0.05, 0) is 43.1 Å². The summed E-state index contributed by atoms with van der Waals surface area (Å²) in [5, 5.41) is 7.08. The topological polar surface area (TPSA) is 24.1 Å². The molecular weight excluding hydrogens is 216 g/mol. The van der Waals surface area contributed by atoms with Crippen LogP contribution < -0.4 is 10.6 Å². The molecule has 2 nitrogen and oxygen atoms in total. The van der Waals surface area contributed by atoms with Gasteiger partial charge in [-0.2, -0.15) is 0 Å². The second-order valence-corrected chi connectivity index (χ2v) is 4.59. The van der Waals surface area contributed by atoms with Crippen molar-refractivity contribution >= 4 is 23.0 Å². The molecule has 0 fully saturated rings. The van der Waals surface area contributed by atoms with E-state index in [4.69, 9.17) is 12.2 Å². The van der Waals surface area contributed by atoms with E-state index in [0.717, 1.165) is 12.2 Å². The van der Waals surface area contributed by atoms with Crippen molar-refractivity contribution < 1.29 is 0 Å². The Morgan fingerprint density at radius 3 is 2.62 bits per heavy atom. The largest absolute Gasteiger partial charge is 0.363 e. The van der Waals surface area contributed by atoms with Gasteiger partial charge < -0.3 is 10.6 Å². The molecule has 88 valence electrons. The molecule has 0 aliphatic rings. The van der Waals surface area contributed by atoms with Gasteiger partial charge in [-0.3, -0.25) is 0 Å². The molecular formula is C13H20N2S. The second kappa shape index (κ2) is 5.85. The summed E-state index contributed by atoms with van der Waals surface area (Å²) in [6.07, 6.45) is 0. The van der Waals surface area contributed by atoms with E-state index in [0.29, 0.717) is 11.0 Å². The normalized spacial score (nSPS) is 10.3. The van der Waals surface area contributed by atoms with Crippen LogP contribution in [0.1, 0.15) is 37.8 Å². The molecule has 2 N–H and O–H groups in total. The molecule has 0 heterocycles. The van der Waals surface area contributed by atoms with E-state index in [2.05, 4.69) is 49.6 Å². The van der Waals surface area contributed by atoms with Gasteiger partial charge in [-0.25, -0.2) is 0 Å². The zero-order valence-corrected chi connectivity index (χ0v) is 11.2. The van der Waals surface area contributed by atoms with E-state index in [1.165, 1.54) is 11.1 Å². The van der Waals surface area contributed by atoms with Gasteiger partial charge in [0.05, 0.1) is 0 Å². The number of hydrogen-bond acceptors (Lipinski definition) is 1. The lowest BCUT2D eigenvalue weighted by Gasteiger charge is -2.17. The average Bonchev–Trinajstić information content (AvgIpc) is 2.21. The maximum Gasteiger partial charge on any atom is 0.170 e. The minimum Gasteiger partial charge on any atom is -0.363 e. The van der Waals surface area contributed by atoms with E-state index in [-0.39, 0.29) is 0 Å². The first-order valence-electron chi connectivity index (χ1n) is 5.70. The first kappa shape index (κ1) is 13.0. The van der Waals surface area contributed by atoms with Gasteiger partial charge in [0, 0.05) is 12.2 Å². The molecule has 0 unspecified atom stereocenters. The summed E-state index contributed by atoms with van der Waals surface area (Å²) in [6, 6.07) is 6.34. The van der Waals surface area contributed by atoms with Gasteiger partial charge in [0.1, 0.15) is 0 Å². The predicted molar refractivity (Wildman–Crippen MR) is 75.2 cm³/mol. The Hall–Kier alpha value is -1.09. The highest BCUT2D eigenvalue weighted by Crippen LogP contribution is 2.27. The average molecular weight is 236 g/mol. The summed E-state index contributed by atoms with van der Waals surface area (Å²) >= 11 is 5.22. The molecule has 0 radical (unpaired) electrons. The van der Waals surface area contributed by atoms with Crippen LogP contribution in [-0.4, -0.2) is 11.7 Å². The standard InChI is InChI=1S/C13H20N2S/c1-5-14-13(16)15-12-10(4)7-6-8-11(12)9(2)3/h6-9H,5H2,1-4H3,(H2,14,15,16). The summed E-state index contributed by atoms with van der Waals surface area (Å²) in [4.78, 5) is 0. The fraction of sp³-hybridized carbons (Fsp3) is 0.462. The highest BCUT2D eigenvalue weighted by atomic mass is 32.1. The zero-order valence-electron chi connectivity index (χ0n) is 10.4. The minimum absolute atomic E-state index is 0.492. The van der Waals surface area contributed by atoms with Crippen molar-refractivity contribution in [3.05, 3.63) is 29.3 Å². The van der Waals surface area contributed by atoms with Crippen LogP contribution in [-0.2, 0) is 0 Å². The Morgan fingerprint density at radius 2 is 2.06 bits per heavy atom. The van der Waals surface area contributed by atoms with Crippen molar-refractivity contribution in [2.24, 2.45) is 0 Å². The highest BCUT2D eigenvalue weighted by Gasteiger charge is 2.09. The molecule has 0 aromatic heterocycles. The third kappa shape index (κ3) is 3.20. The summed E-state index contributed by atoms with van der Waals surface area (Å²) < 4.78 is 0. The quantitative estimate of drug-likeness (QED) is 0.786. The lowest BCUT2D eigenvalue weighted by molar-refractivity contribution is 0.867. The van der Waals surface area contributed by atoms with Crippen LogP contribution in [0.15, 0.2) is 18.2 Å². The molecule has 0 amide bonds. The van der Waals surface area contributed by atoms with Crippen LogP contribution in [0.5, 0.6) is 0 Å². The molecule has 1 rings (SSSR count). The molecule has 16 heavy (non-hydrogen) atoms. The summed E-state index contributed by atoms with van der Waals surface area (Å²) in [7, 11) is 0. The minimum atomic E-state index is 0.492. The van der Waals surface area contributed by atoms with E-state index in [9.17, 15) is 0 Å². The molecule has 0 aliphatic heterocycles. The Labute approximate surface area is 103 Å². The SMILES string of the molecule is CCNC(=S)Nc1c(C)cccc1C(C)C. The number of hydrogen-bond donors (Lipinski definition) is 2. The number of anilines is 1. The fourth-order valence-corrected chi connectivity index (χ4v) is 1.91. The van der Waals surface area contributed by atoms with Gasteiger partial charge >= 0.3 is 0 Å². The van der Waals surface area contributed by atoms with Crippen LogP contribution in [0.25, 0.3) is 0 Å². The second-order valence-electron chi connectivity index (χ2n) is 4.18.